The summed E-state index contributed by atoms with van der Waals surface area (Å²) in [5.41, 5.74) is 1.87. The lowest BCUT2D eigenvalue weighted by atomic mass is 10.1. The van der Waals surface area contributed by atoms with Crippen LogP contribution in [0.3, 0.4) is 0 Å². The minimum Gasteiger partial charge on any atom is -0.385 e. The molecular weight excluding hydrogens is 268 g/mol. The predicted octanol–water partition coefficient (Wildman–Crippen LogP) is 2.56. The highest BCUT2D eigenvalue weighted by molar-refractivity contribution is 5.64. The number of nitro groups is 1. The number of nitrogens with zero attached hydrogens (tertiary/aromatic N) is 3. The standard InChI is InChI=1S/C15H24N4O2/c1-5-16-13-6-14(8-15(7-13)19(20)21)18-9-11(2)17(4)12(3)10-18/h6-8,11-12,16H,5,9-10H2,1-4H3. The summed E-state index contributed by atoms with van der Waals surface area (Å²) >= 11 is 0. The minimum absolute atomic E-state index is 0.141. The fraction of sp³-hybridized carbons (Fsp3) is 0.600. The van der Waals surface area contributed by atoms with Crippen LogP contribution in [0.25, 0.3) is 0 Å². The minimum atomic E-state index is -0.326. The molecule has 0 amide bonds. The number of nitro benzene ring substituents is 1. The Bertz CT molecular complexity index is 508. The lowest BCUT2D eigenvalue weighted by Gasteiger charge is -2.43. The van der Waals surface area contributed by atoms with E-state index < -0.39 is 0 Å². The summed E-state index contributed by atoms with van der Waals surface area (Å²) in [5.74, 6) is 0. The molecule has 1 aromatic rings. The Morgan fingerprint density at radius 3 is 2.43 bits per heavy atom. The fourth-order valence-electron chi connectivity index (χ4n) is 2.80. The highest BCUT2D eigenvalue weighted by Crippen LogP contribution is 2.29. The van der Waals surface area contributed by atoms with Gasteiger partial charge in [-0.1, -0.05) is 0 Å². The molecule has 2 atom stereocenters. The highest BCUT2D eigenvalue weighted by atomic mass is 16.6. The van der Waals surface area contributed by atoms with Crippen LogP contribution in [0.15, 0.2) is 18.2 Å². The van der Waals surface area contributed by atoms with Gasteiger partial charge in [0.25, 0.3) is 5.69 Å². The molecule has 1 saturated heterocycles. The van der Waals surface area contributed by atoms with Gasteiger partial charge in [0.2, 0.25) is 0 Å². The van der Waals surface area contributed by atoms with Crippen molar-refractivity contribution in [3.8, 4) is 0 Å². The molecule has 2 rings (SSSR count). The highest BCUT2D eigenvalue weighted by Gasteiger charge is 2.27. The Balaban J connectivity index is 2.31. The van der Waals surface area contributed by atoms with Crippen molar-refractivity contribution >= 4 is 17.1 Å². The summed E-state index contributed by atoms with van der Waals surface area (Å²) in [4.78, 5) is 15.4. The topological polar surface area (TPSA) is 61.6 Å². The van der Waals surface area contributed by atoms with Gasteiger partial charge in [0.05, 0.1) is 4.92 Å². The van der Waals surface area contributed by atoms with E-state index in [9.17, 15) is 10.1 Å². The summed E-state index contributed by atoms with van der Waals surface area (Å²) < 4.78 is 0. The lowest BCUT2D eigenvalue weighted by Crippen LogP contribution is -2.55. The number of piperazine rings is 1. The third-order valence-electron chi connectivity index (χ3n) is 4.22. The van der Waals surface area contributed by atoms with Crippen molar-refractivity contribution in [1.29, 1.82) is 0 Å². The van der Waals surface area contributed by atoms with Crippen molar-refractivity contribution in [1.82, 2.24) is 4.90 Å². The van der Waals surface area contributed by atoms with Crippen molar-refractivity contribution in [3.63, 3.8) is 0 Å². The molecule has 0 radical (unpaired) electrons. The average Bonchev–Trinajstić information content (AvgIpc) is 2.44. The van der Waals surface area contributed by atoms with E-state index in [4.69, 9.17) is 0 Å². The molecule has 6 heteroatoms. The molecule has 1 heterocycles. The van der Waals surface area contributed by atoms with Gasteiger partial charge in [-0.2, -0.15) is 0 Å². The summed E-state index contributed by atoms with van der Waals surface area (Å²) in [6.07, 6.45) is 0. The van der Waals surface area contributed by atoms with Gasteiger partial charge in [0.1, 0.15) is 0 Å². The molecule has 1 fully saturated rings. The molecule has 1 aromatic carbocycles. The smallest absolute Gasteiger partial charge is 0.273 e. The predicted molar refractivity (Wildman–Crippen MR) is 86.2 cm³/mol. The van der Waals surface area contributed by atoms with Crippen LogP contribution >= 0.6 is 0 Å². The lowest BCUT2D eigenvalue weighted by molar-refractivity contribution is -0.384. The molecule has 21 heavy (non-hydrogen) atoms. The zero-order valence-electron chi connectivity index (χ0n) is 13.2. The molecule has 2 unspecified atom stereocenters. The SMILES string of the molecule is CCNc1cc(N2CC(C)N(C)C(C)C2)cc([N+](=O)[O-])c1. The quantitative estimate of drug-likeness (QED) is 0.682. The fourth-order valence-corrected chi connectivity index (χ4v) is 2.80. The van der Waals surface area contributed by atoms with Crippen molar-refractivity contribution in [3.05, 3.63) is 28.3 Å². The van der Waals surface area contributed by atoms with E-state index in [0.717, 1.165) is 31.0 Å². The van der Waals surface area contributed by atoms with Gasteiger partial charge < -0.3 is 10.2 Å². The normalized spacial score (nSPS) is 23.1. The maximum absolute atomic E-state index is 11.1. The Hall–Kier alpha value is -1.82. The molecule has 116 valence electrons. The van der Waals surface area contributed by atoms with Crippen LogP contribution in [0.4, 0.5) is 17.1 Å². The van der Waals surface area contributed by atoms with Crippen LogP contribution in [0.2, 0.25) is 0 Å². The van der Waals surface area contributed by atoms with E-state index in [1.54, 1.807) is 12.1 Å². The maximum atomic E-state index is 11.1. The van der Waals surface area contributed by atoms with Crippen molar-refractivity contribution in [2.45, 2.75) is 32.9 Å². The number of benzene rings is 1. The first-order valence-corrected chi connectivity index (χ1v) is 7.42. The van der Waals surface area contributed by atoms with E-state index in [0.29, 0.717) is 12.1 Å². The first kappa shape index (κ1) is 15.6. The van der Waals surface area contributed by atoms with Crippen LogP contribution in [0.5, 0.6) is 0 Å². The third kappa shape index (κ3) is 3.44. The van der Waals surface area contributed by atoms with E-state index >= 15 is 0 Å². The van der Waals surface area contributed by atoms with Crippen molar-refractivity contribution in [2.24, 2.45) is 0 Å². The van der Waals surface area contributed by atoms with Gasteiger partial charge in [-0.3, -0.25) is 15.0 Å². The first-order chi connectivity index (χ1) is 9.92. The summed E-state index contributed by atoms with van der Waals surface area (Å²) in [6.45, 7) is 8.87. The van der Waals surface area contributed by atoms with Crippen molar-refractivity contribution < 1.29 is 4.92 Å². The monoisotopic (exact) mass is 292 g/mol. The van der Waals surface area contributed by atoms with E-state index in [2.05, 4.69) is 36.0 Å². The van der Waals surface area contributed by atoms with Crippen LogP contribution in [-0.2, 0) is 0 Å². The van der Waals surface area contributed by atoms with Gasteiger partial charge >= 0.3 is 0 Å². The van der Waals surface area contributed by atoms with Crippen LogP contribution in [0, 0.1) is 10.1 Å². The van der Waals surface area contributed by atoms with Crippen molar-refractivity contribution in [2.75, 3.05) is 36.9 Å². The van der Waals surface area contributed by atoms with Crippen LogP contribution in [-0.4, -0.2) is 48.6 Å². The van der Waals surface area contributed by atoms with Crippen LogP contribution in [0.1, 0.15) is 20.8 Å². The number of hydrogen-bond donors (Lipinski definition) is 1. The molecule has 0 bridgehead atoms. The molecule has 0 spiro atoms. The second-order valence-electron chi connectivity index (χ2n) is 5.79. The second kappa shape index (κ2) is 6.30. The Kier molecular flexibility index (Phi) is 4.67. The molecule has 0 saturated carbocycles. The molecule has 0 aromatic heterocycles. The number of rotatable bonds is 4. The number of hydrogen-bond acceptors (Lipinski definition) is 5. The zero-order valence-corrected chi connectivity index (χ0v) is 13.2. The molecule has 6 nitrogen and oxygen atoms in total. The molecular formula is C15H24N4O2. The van der Waals surface area contributed by atoms with E-state index in [1.165, 1.54) is 0 Å². The second-order valence-corrected chi connectivity index (χ2v) is 5.79. The van der Waals surface area contributed by atoms with Gasteiger partial charge in [0, 0.05) is 55.2 Å². The van der Waals surface area contributed by atoms with Crippen LogP contribution < -0.4 is 10.2 Å². The average molecular weight is 292 g/mol. The summed E-state index contributed by atoms with van der Waals surface area (Å²) in [7, 11) is 2.13. The Morgan fingerprint density at radius 1 is 1.29 bits per heavy atom. The molecule has 1 N–H and O–H groups in total. The molecule has 1 aliphatic heterocycles. The van der Waals surface area contributed by atoms with Gasteiger partial charge in [-0.05, 0) is 33.9 Å². The largest absolute Gasteiger partial charge is 0.385 e. The number of anilines is 2. The number of non-ortho nitro benzene ring substituents is 1. The molecule has 1 aliphatic rings. The number of likely N-dealkylation sites (N-methyl/N-ethyl adjacent to an activating group) is 1. The van der Waals surface area contributed by atoms with Gasteiger partial charge in [-0.15, -0.1) is 0 Å². The van der Waals surface area contributed by atoms with Gasteiger partial charge in [0.15, 0.2) is 0 Å². The summed E-state index contributed by atoms with van der Waals surface area (Å²) in [5, 5.41) is 14.3. The third-order valence-corrected chi connectivity index (χ3v) is 4.22. The van der Waals surface area contributed by atoms with E-state index in [-0.39, 0.29) is 10.6 Å². The first-order valence-electron chi connectivity index (χ1n) is 7.42. The molecule has 0 aliphatic carbocycles. The number of nitrogens with one attached hydrogen (secondary N) is 1. The Morgan fingerprint density at radius 2 is 1.90 bits per heavy atom. The summed E-state index contributed by atoms with van der Waals surface area (Å²) in [6, 6.07) is 6.12. The maximum Gasteiger partial charge on any atom is 0.273 e. The van der Waals surface area contributed by atoms with E-state index in [1.807, 2.05) is 13.0 Å². The Labute approximate surface area is 125 Å². The van der Waals surface area contributed by atoms with Gasteiger partial charge in [-0.25, -0.2) is 0 Å². The zero-order chi connectivity index (χ0) is 15.6.